The standard InChI is InChI=1S/C7H8O3S.C5H8N2/c1-6-2-4-7(5-3-6)11(8,9)10;1-2-7-4-3-6-5-7/h2-5H,1H3,(H,8,9,10);3-5H,2H2,1H3. The predicted octanol–water partition coefficient (Wildman–Crippen LogP) is 2.14. The Balaban J connectivity index is 0.000000199. The number of aryl methyl sites for hydroxylation is 2. The maximum Gasteiger partial charge on any atom is 0.294 e. The normalized spacial score (nSPS) is 10.6. The van der Waals surface area contributed by atoms with E-state index >= 15 is 0 Å². The van der Waals surface area contributed by atoms with Gasteiger partial charge in [-0.25, -0.2) is 4.98 Å². The highest BCUT2D eigenvalue weighted by molar-refractivity contribution is 7.85. The molecule has 0 radical (unpaired) electrons. The zero-order valence-electron chi connectivity index (χ0n) is 10.3. The highest BCUT2D eigenvalue weighted by Crippen LogP contribution is 2.08. The van der Waals surface area contributed by atoms with E-state index in [1.54, 1.807) is 24.7 Å². The van der Waals surface area contributed by atoms with E-state index in [4.69, 9.17) is 4.55 Å². The lowest BCUT2D eigenvalue weighted by atomic mass is 10.2. The van der Waals surface area contributed by atoms with Gasteiger partial charge in [0.2, 0.25) is 0 Å². The molecule has 0 saturated carbocycles. The number of nitrogens with zero attached hydrogens (tertiary/aromatic N) is 2. The van der Waals surface area contributed by atoms with E-state index in [2.05, 4.69) is 11.9 Å². The first-order chi connectivity index (χ1) is 8.43. The van der Waals surface area contributed by atoms with Crippen molar-refractivity contribution < 1.29 is 13.0 Å². The second kappa shape index (κ2) is 6.32. The molecule has 18 heavy (non-hydrogen) atoms. The van der Waals surface area contributed by atoms with Crippen molar-refractivity contribution in [2.75, 3.05) is 0 Å². The minimum Gasteiger partial charge on any atom is -0.338 e. The minimum absolute atomic E-state index is 0.0666. The first-order valence-corrected chi connectivity index (χ1v) is 6.87. The lowest BCUT2D eigenvalue weighted by Gasteiger charge is -1.95. The van der Waals surface area contributed by atoms with Gasteiger partial charge >= 0.3 is 0 Å². The lowest BCUT2D eigenvalue weighted by molar-refractivity contribution is 0.483. The van der Waals surface area contributed by atoms with Crippen LogP contribution in [-0.2, 0) is 16.7 Å². The van der Waals surface area contributed by atoms with E-state index in [0.717, 1.165) is 12.1 Å². The highest BCUT2D eigenvalue weighted by Gasteiger charge is 2.06. The Labute approximate surface area is 107 Å². The van der Waals surface area contributed by atoms with E-state index < -0.39 is 10.1 Å². The third-order valence-corrected chi connectivity index (χ3v) is 3.11. The largest absolute Gasteiger partial charge is 0.338 e. The topological polar surface area (TPSA) is 72.2 Å². The monoisotopic (exact) mass is 268 g/mol. The summed E-state index contributed by atoms with van der Waals surface area (Å²) in [7, 11) is -4.02. The second-order valence-electron chi connectivity index (χ2n) is 3.68. The average Bonchev–Trinajstić information content (AvgIpc) is 2.82. The molecule has 5 nitrogen and oxygen atoms in total. The predicted molar refractivity (Wildman–Crippen MR) is 68.9 cm³/mol. The maximum absolute atomic E-state index is 10.5. The van der Waals surface area contributed by atoms with Crippen LogP contribution in [0.25, 0.3) is 0 Å². The quantitative estimate of drug-likeness (QED) is 0.847. The number of hydrogen-bond donors (Lipinski definition) is 1. The summed E-state index contributed by atoms with van der Waals surface area (Å²) in [6.07, 6.45) is 5.53. The molecule has 0 aliphatic heterocycles. The van der Waals surface area contributed by atoms with E-state index in [9.17, 15) is 8.42 Å². The Morgan fingerprint density at radius 2 is 1.89 bits per heavy atom. The fourth-order valence-corrected chi connectivity index (χ4v) is 1.66. The van der Waals surface area contributed by atoms with Crippen LogP contribution in [0.5, 0.6) is 0 Å². The van der Waals surface area contributed by atoms with Crippen LogP contribution in [0.4, 0.5) is 0 Å². The number of rotatable bonds is 2. The van der Waals surface area contributed by atoms with Crippen LogP contribution in [-0.4, -0.2) is 22.5 Å². The molecule has 6 heteroatoms. The van der Waals surface area contributed by atoms with Gasteiger partial charge in [0.1, 0.15) is 0 Å². The zero-order valence-corrected chi connectivity index (χ0v) is 11.1. The van der Waals surface area contributed by atoms with Gasteiger partial charge in [-0.15, -0.1) is 0 Å². The summed E-state index contributed by atoms with van der Waals surface area (Å²) in [6, 6.07) is 5.99. The Kier molecular flexibility index (Phi) is 5.06. The Hall–Kier alpha value is -1.66. The SMILES string of the molecule is CCn1ccnc1.Cc1ccc(S(=O)(=O)O)cc1. The minimum atomic E-state index is -4.02. The van der Waals surface area contributed by atoms with Gasteiger partial charge in [0.15, 0.2) is 0 Å². The van der Waals surface area contributed by atoms with Gasteiger partial charge in [0, 0.05) is 18.9 Å². The average molecular weight is 268 g/mol. The highest BCUT2D eigenvalue weighted by atomic mass is 32.2. The number of aromatic nitrogens is 2. The molecule has 0 amide bonds. The third kappa shape index (κ3) is 4.68. The molecule has 1 aromatic heterocycles. The van der Waals surface area contributed by atoms with Crippen LogP contribution < -0.4 is 0 Å². The first kappa shape index (κ1) is 14.4. The van der Waals surface area contributed by atoms with Crippen LogP contribution in [0.15, 0.2) is 47.9 Å². The van der Waals surface area contributed by atoms with Crippen molar-refractivity contribution >= 4 is 10.1 Å². The number of hydrogen-bond acceptors (Lipinski definition) is 3. The molecular weight excluding hydrogens is 252 g/mol. The smallest absolute Gasteiger partial charge is 0.294 e. The number of benzene rings is 1. The van der Waals surface area contributed by atoms with E-state index in [0.29, 0.717) is 0 Å². The van der Waals surface area contributed by atoms with Crippen molar-refractivity contribution in [2.24, 2.45) is 0 Å². The van der Waals surface area contributed by atoms with Crippen molar-refractivity contribution in [2.45, 2.75) is 25.3 Å². The van der Waals surface area contributed by atoms with Gasteiger partial charge in [-0.2, -0.15) is 8.42 Å². The Bertz CT molecular complexity index is 560. The molecule has 0 unspecified atom stereocenters. The van der Waals surface area contributed by atoms with Crippen LogP contribution in [0.2, 0.25) is 0 Å². The van der Waals surface area contributed by atoms with Crippen molar-refractivity contribution in [3.05, 3.63) is 48.5 Å². The second-order valence-corrected chi connectivity index (χ2v) is 5.10. The maximum atomic E-state index is 10.5. The summed E-state index contributed by atoms with van der Waals surface area (Å²) in [5.74, 6) is 0. The summed E-state index contributed by atoms with van der Waals surface area (Å²) in [4.78, 5) is 3.79. The van der Waals surface area contributed by atoms with E-state index in [-0.39, 0.29) is 4.90 Å². The molecule has 0 saturated heterocycles. The van der Waals surface area contributed by atoms with Crippen LogP contribution in [0, 0.1) is 6.92 Å². The fourth-order valence-electron chi connectivity index (χ4n) is 1.18. The molecule has 98 valence electrons. The van der Waals surface area contributed by atoms with Crippen molar-refractivity contribution in [3.8, 4) is 0 Å². The molecule has 1 N–H and O–H groups in total. The molecular formula is C12H16N2O3S. The van der Waals surface area contributed by atoms with Crippen molar-refractivity contribution in [1.82, 2.24) is 9.55 Å². The Morgan fingerprint density at radius 1 is 1.28 bits per heavy atom. The van der Waals surface area contributed by atoms with Gasteiger partial charge in [-0.3, -0.25) is 4.55 Å². The van der Waals surface area contributed by atoms with Crippen LogP contribution >= 0.6 is 0 Å². The third-order valence-electron chi connectivity index (χ3n) is 2.24. The molecule has 2 rings (SSSR count). The van der Waals surface area contributed by atoms with Gasteiger partial charge in [-0.05, 0) is 26.0 Å². The van der Waals surface area contributed by atoms with Crippen LogP contribution in [0.1, 0.15) is 12.5 Å². The molecule has 0 bridgehead atoms. The summed E-state index contributed by atoms with van der Waals surface area (Å²) < 4.78 is 31.6. The fraction of sp³-hybridized carbons (Fsp3) is 0.250. The summed E-state index contributed by atoms with van der Waals surface area (Å²) in [5.41, 5.74) is 0.956. The molecule has 0 aliphatic carbocycles. The summed E-state index contributed by atoms with van der Waals surface area (Å²) in [5, 5.41) is 0. The van der Waals surface area contributed by atoms with Crippen molar-refractivity contribution in [3.63, 3.8) is 0 Å². The zero-order chi connectivity index (χ0) is 13.6. The van der Waals surface area contributed by atoms with E-state index in [1.165, 1.54) is 12.1 Å². The molecule has 2 aromatic rings. The molecule has 0 atom stereocenters. The van der Waals surface area contributed by atoms with Gasteiger partial charge in [0.25, 0.3) is 10.1 Å². The summed E-state index contributed by atoms with van der Waals surface area (Å²) in [6.45, 7) is 4.94. The van der Waals surface area contributed by atoms with Gasteiger partial charge < -0.3 is 4.57 Å². The van der Waals surface area contributed by atoms with Gasteiger partial charge in [0.05, 0.1) is 11.2 Å². The van der Waals surface area contributed by atoms with Crippen LogP contribution in [0.3, 0.4) is 0 Å². The summed E-state index contributed by atoms with van der Waals surface area (Å²) >= 11 is 0. The lowest BCUT2D eigenvalue weighted by Crippen LogP contribution is -1.96. The molecule has 0 spiro atoms. The van der Waals surface area contributed by atoms with E-state index in [1.807, 2.05) is 17.7 Å². The molecule has 1 heterocycles. The molecule has 1 aromatic carbocycles. The van der Waals surface area contributed by atoms with Gasteiger partial charge in [-0.1, -0.05) is 17.7 Å². The molecule has 0 aliphatic rings. The van der Waals surface area contributed by atoms with Crippen molar-refractivity contribution in [1.29, 1.82) is 0 Å². The number of imidazole rings is 1. The first-order valence-electron chi connectivity index (χ1n) is 5.43. The molecule has 0 fully saturated rings. The Morgan fingerprint density at radius 3 is 2.22 bits per heavy atom.